The Labute approximate surface area is 191 Å². The lowest BCUT2D eigenvalue weighted by Gasteiger charge is -2.19. The molecule has 4 heteroatoms. The average molecular weight is 436 g/mol. The number of hydrogen-bond donors (Lipinski definition) is 3. The maximum Gasteiger partial charge on any atom is 0.220 e. The number of carbonyl (C=O) groups excluding carboxylic acids is 1. The molecule has 180 valence electrons. The van der Waals surface area contributed by atoms with Gasteiger partial charge in [-0.3, -0.25) is 4.79 Å². The van der Waals surface area contributed by atoms with Crippen molar-refractivity contribution in [1.82, 2.24) is 5.32 Å². The Morgan fingerprint density at radius 3 is 1.84 bits per heavy atom. The molecular formula is C27H49NO3. The monoisotopic (exact) mass is 435 g/mol. The first kappa shape index (κ1) is 29.6. The van der Waals surface area contributed by atoms with E-state index in [0.29, 0.717) is 6.42 Å². The lowest BCUT2D eigenvalue weighted by Crippen LogP contribution is -2.45. The zero-order chi connectivity index (χ0) is 23.0. The van der Waals surface area contributed by atoms with E-state index < -0.39 is 12.1 Å². The maximum atomic E-state index is 11.7. The quantitative estimate of drug-likeness (QED) is 0.145. The van der Waals surface area contributed by atoms with Crippen LogP contribution >= 0.6 is 0 Å². The van der Waals surface area contributed by atoms with Gasteiger partial charge in [0.05, 0.1) is 18.8 Å². The van der Waals surface area contributed by atoms with Gasteiger partial charge in [-0.1, -0.05) is 95.2 Å². The van der Waals surface area contributed by atoms with Crippen molar-refractivity contribution in [2.24, 2.45) is 0 Å². The van der Waals surface area contributed by atoms with E-state index in [4.69, 9.17) is 0 Å². The van der Waals surface area contributed by atoms with Gasteiger partial charge in [0, 0.05) is 6.42 Å². The molecule has 0 aromatic rings. The third-order valence-corrected chi connectivity index (χ3v) is 5.35. The summed E-state index contributed by atoms with van der Waals surface area (Å²) in [4.78, 5) is 11.7. The van der Waals surface area contributed by atoms with Gasteiger partial charge in [0.25, 0.3) is 0 Å². The molecule has 0 saturated heterocycles. The first-order valence-electron chi connectivity index (χ1n) is 12.7. The molecule has 4 nitrogen and oxygen atoms in total. The van der Waals surface area contributed by atoms with Crippen LogP contribution in [0.4, 0.5) is 0 Å². The summed E-state index contributed by atoms with van der Waals surface area (Å²) in [5.74, 6) is -0.118. The number of amides is 1. The van der Waals surface area contributed by atoms with E-state index in [0.717, 1.165) is 38.5 Å². The zero-order valence-corrected chi connectivity index (χ0v) is 20.2. The third kappa shape index (κ3) is 20.3. The maximum absolute atomic E-state index is 11.7. The molecule has 3 N–H and O–H groups in total. The van der Waals surface area contributed by atoms with Gasteiger partial charge >= 0.3 is 0 Å². The van der Waals surface area contributed by atoms with Gasteiger partial charge < -0.3 is 15.5 Å². The van der Waals surface area contributed by atoms with E-state index in [9.17, 15) is 15.0 Å². The summed E-state index contributed by atoms with van der Waals surface area (Å²) in [6.07, 6.45) is 28.6. The van der Waals surface area contributed by atoms with Crippen LogP contribution in [0.1, 0.15) is 110 Å². The highest BCUT2D eigenvalue weighted by atomic mass is 16.3. The van der Waals surface area contributed by atoms with E-state index in [-0.39, 0.29) is 12.5 Å². The first-order valence-corrected chi connectivity index (χ1v) is 12.7. The minimum absolute atomic E-state index is 0.118. The third-order valence-electron chi connectivity index (χ3n) is 5.35. The average Bonchev–Trinajstić information content (AvgIpc) is 2.77. The van der Waals surface area contributed by atoms with E-state index >= 15 is 0 Å². The molecule has 2 unspecified atom stereocenters. The van der Waals surface area contributed by atoms with Gasteiger partial charge in [0.2, 0.25) is 5.91 Å². The van der Waals surface area contributed by atoms with Crippen molar-refractivity contribution in [3.63, 3.8) is 0 Å². The van der Waals surface area contributed by atoms with E-state index in [1.807, 2.05) is 13.0 Å². The number of aliphatic hydroxyl groups is 2. The fourth-order valence-corrected chi connectivity index (χ4v) is 3.30. The Kier molecular flexibility index (Phi) is 22.2. The summed E-state index contributed by atoms with van der Waals surface area (Å²) in [5, 5.41) is 22.2. The Balaban J connectivity index is 3.71. The number of carbonyl (C=O) groups is 1. The van der Waals surface area contributed by atoms with Gasteiger partial charge in [0.1, 0.15) is 0 Å². The van der Waals surface area contributed by atoms with Crippen LogP contribution in [0.3, 0.4) is 0 Å². The van der Waals surface area contributed by atoms with Crippen molar-refractivity contribution in [2.75, 3.05) is 6.61 Å². The number of hydrogen-bond acceptors (Lipinski definition) is 3. The molecule has 0 fully saturated rings. The SMILES string of the molecule is CCCCCCCCC/C=C/CC/C=C/CC/C=C/C(O)C(CO)NC(=O)CCCC. The van der Waals surface area contributed by atoms with Crippen molar-refractivity contribution >= 4 is 5.91 Å². The minimum Gasteiger partial charge on any atom is -0.394 e. The van der Waals surface area contributed by atoms with Crippen molar-refractivity contribution in [3.05, 3.63) is 36.5 Å². The Bertz CT molecular complexity index is 485. The van der Waals surface area contributed by atoms with Crippen LogP contribution in [0.5, 0.6) is 0 Å². The molecule has 0 aromatic heterocycles. The Morgan fingerprint density at radius 1 is 0.742 bits per heavy atom. The number of unbranched alkanes of at least 4 members (excludes halogenated alkanes) is 10. The standard InChI is InChI=1S/C27H49NO3/c1-3-5-7-8-9-10-11-12-13-14-15-16-17-18-19-20-21-22-26(30)25(24-29)28-27(31)23-6-4-2/h13-14,17-18,21-22,25-26,29-30H,3-12,15-16,19-20,23-24H2,1-2H3,(H,28,31)/b14-13+,18-17+,22-21+. The molecule has 0 aromatic carbocycles. The lowest BCUT2D eigenvalue weighted by atomic mass is 10.1. The van der Waals surface area contributed by atoms with Crippen LogP contribution in [0.15, 0.2) is 36.5 Å². The van der Waals surface area contributed by atoms with Crippen LogP contribution in [-0.2, 0) is 4.79 Å². The summed E-state index contributed by atoms with van der Waals surface area (Å²) in [5.41, 5.74) is 0. The molecule has 0 aliphatic heterocycles. The summed E-state index contributed by atoms with van der Waals surface area (Å²) in [7, 11) is 0. The predicted molar refractivity (Wildman–Crippen MR) is 133 cm³/mol. The molecule has 2 atom stereocenters. The van der Waals surface area contributed by atoms with Crippen molar-refractivity contribution in [1.29, 1.82) is 0 Å². The normalized spacial score (nSPS) is 14.1. The molecule has 0 spiro atoms. The minimum atomic E-state index is -0.860. The molecule has 0 bridgehead atoms. The topological polar surface area (TPSA) is 69.6 Å². The summed E-state index contributed by atoms with van der Waals surface area (Å²) in [6, 6.07) is -0.635. The molecule has 0 rings (SSSR count). The molecule has 31 heavy (non-hydrogen) atoms. The van der Waals surface area contributed by atoms with E-state index in [2.05, 4.69) is 36.5 Å². The van der Waals surface area contributed by atoms with Gasteiger partial charge in [-0.25, -0.2) is 0 Å². The first-order chi connectivity index (χ1) is 15.2. The molecular weight excluding hydrogens is 386 g/mol. The predicted octanol–water partition coefficient (Wildman–Crippen LogP) is 6.38. The van der Waals surface area contributed by atoms with Gasteiger partial charge in [0.15, 0.2) is 0 Å². The summed E-state index contributed by atoms with van der Waals surface area (Å²) < 4.78 is 0. The van der Waals surface area contributed by atoms with Crippen LogP contribution in [-0.4, -0.2) is 34.9 Å². The molecule has 0 radical (unpaired) electrons. The van der Waals surface area contributed by atoms with E-state index in [1.165, 1.54) is 51.4 Å². The number of nitrogens with one attached hydrogen (secondary N) is 1. The van der Waals surface area contributed by atoms with Crippen LogP contribution < -0.4 is 5.32 Å². The van der Waals surface area contributed by atoms with Crippen molar-refractivity contribution < 1.29 is 15.0 Å². The fraction of sp³-hybridized carbons (Fsp3) is 0.741. The van der Waals surface area contributed by atoms with Crippen LogP contribution in [0, 0.1) is 0 Å². The molecule has 0 saturated carbocycles. The smallest absolute Gasteiger partial charge is 0.220 e. The molecule has 1 amide bonds. The molecule has 0 aliphatic carbocycles. The number of aliphatic hydroxyl groups excluding tert-OH is 2. The van der Waals surface area contributed by atoms with Gasteiger partial charge in [-0.05, 0) is 44.9 Å². The zero-order valence-electron chi connectivity index (χ0n) is 20.2. The van der Waals surface area contributed by atoms with E-state index in [1.54, 1.807) is 6.08 Å². The number of allylic oxidation sites excluding steroid dienone is 5. The lowest BCUT2D eigenvalue weighted by molar-refractivity contribution is -0.122. The highest BCUT2D eigenvalue weighted by molar-refractivity contribution is 5.76. The molecule has 0 heterocycles. The highest BCUT2D eigenvalue weighted by Crippen LogP contribution is 2.09. The fourth-order valence-electron chi connectivity index (χ4n) is 3.30. The van der Waals surface area contributed by atoms with Gasteiger partial charge in [-0.2, -0.15) is 0 Å². The van der Waals surface area contributed by atoms with Crippen LogP contribution in [0.25, 0.3) is 0 Å². The Hall–Kier alpha value is -1.39. The largest absolute Gasteiger partial charge is 0.394 e. The summed E-state index contributed by atoms with van der Waals surface area (Å²) in [6.45, 7) is 4.02. The second-order valence-corrected chi connectivity index (χ2v) is 8.39. The Morgan fingerprint density at radius 2 is 1.26 bits per heavy atom. The number of rotatable bonds is 21. The van der Waals surface area contributed by atoms with Crippen molar-refractivity contribution in [3.8, 4) is 0 Å². The van der Waals surface area contributed by atoms with Crippen molar-refractivity contribution in [2.45, 2.75) is 122 Å². The highest BCUT2D eigenvalue weighted by Gasteiger charge is 2.17. The second kappa shape index (κ2) is 23.3. The second-order valence-electron chi connectivity index (χ2n) is 8.39. The molecule has 0 aliphatic rings. The van der Waals surface area contributed by atoms with Gasteiger partial charge in [-0.15, -0.1) is 0 Å². The summed E-state index contributed by atoms with van der Waals surface area (Å²) >= 11 is 0. The van der Waals surface area contributed by atoms with Crippen LogP contribution in [0.2, 0.25) is 0 Å².